The van der Waals surface area contributed by atoms with Crippen LogP contribution in [0.25, 0.3) is 0 Å². The van der Waals surface area contributed by atoms with Crippen molar-refractivity contribution in [3.8, 4) is 0 Å². The zero-order valence-corrected chi connectivity index (χ0v) is 13.7. The van der Waals surface area contributed by atoms with E-state index < -0.39 is 0 Å². The number of Topliss-reactive ketones (excluding diaryl/α,β-unsaturated/α-hetero) is 1. The van der Waals surface area contributed by atoms with Gasteiger partial charge in [-0.05, 0) is 27.7 Å². The molecule has 0 atom stereocenters. The van der Waals surface area contributed by atoms with Gasteiger partial charge >= 0.3 is 0 Å². The van der Waals surface area contributed by atoms with Gasteiger partial charge in [-0.15, -0.1) is 0 Å². The van der Waals surface area contributed by atoms with E-state index in [-0.39, 0.29) is 17.9 Å². The molecule has 0 spiro atoms. The maximum atomic E-state index is 12.1. The number of nitrogens with zero attached hydrogens (tertiary/aromatic N) is 6. The Labute approximate surface area is 130 Å². The van der Waals surface area contributed by atoms with Crippen molar-refractivity contribution in [3.63, 3.8) is 0 Å². The largest absolute Gasteiger partial charge is 0.300 e. The molecule has 2 aromatic heterocycles. The summed E-state index contributed by atoms with van der Waals surface area (Å²) in [6, 6.07) is 0.523. The predicted octanol–water partition coefficient (Wildman–Crippen LogP) is 2.17. The van der Waals surface area contributed by atoms with Crippen LogP contribution in [0.2, 0.25) is 0 Å². The molecular weight excluding hydrogens is 280 g/mol. The van der Waals surface area contributed by atoms with Gasteiger partial charge in [-0.1, -0.05) is 0 Å². The van der Waals surface area contributed by atoms with Crippen molar-refractivity contribution in [1.82, 2.24) is 29.5 Å². The zero-order valence-electron chi connectivity index (χ0n) is 13.7. The van der Waals surface area contributed by atoms with Crippen LogP contribution in [0, 0.1) is 0 Å². The summed E-state index contributed by atoms with van der Waals surface area (Å²) in [5.74, 6) is 1.96. The van der Waals surface area contributed by atoms with E-state index >= 15 is 0 Å². The summed E-state index contributed by atoms with van der Waals surface area (Å²) in [7, 11) is 0. The molecule has 0 aliphatic rings. The topological polar surface area (TPSA) is 78.5 Å². The molecule has 0 N–H and O–H groups in total. The van der Waals surface area contributed by atoms with Crippen molar-refractivity contribution in [2.45, 2.75) is 65.5 Å². The molecule has 0 radical (unpaired) electrons. The quantitative estimate of drug-likeness (QED) is 0.746. The second-order valence-electron chi connectivity index (χ2n) is 5.97. The molecule has 0 amide bonds. The van der Waals surface area contributed by atoms with Crippen molar-refractivity contribution in [3.05, 3.63) is 24.3 Å². The second kappa shape index (κ2) is 7.29. The fourth-order valence-corrected chi connectivity index (χ4v) is 2.40. The first-order chi connectivity index (χ1) is 10.5. The fraction of sp³-hybridized carbons (Fsp3) is 0.667. The number of aromatic nitrogens is 6. The van der Waals surface area contributed by atoms with Crippen molar-refractivity contribution in [2.24, 2.45) is 0 Å². The highest BCUT2D eigenvalue weighted by atomic mass is 16.1. The Morgan fingerprint density at radius 1 is 0.909 bits per heavy atom. The molecule has 0 unspecified atom stereocenters. The lowest BCUT2D eigenvalue weighted by Crippen LogP contribution is -2.12. The van der Waals surface area contributed by atoms with E-state index in [4.69, 9.17) is 0 Å². The van der Waals surface area contributed by atoms with Crippen LogP contribution in [0.15, 0.2) is 12.7 Å². The molecule has 120 valence electrons. The van der Waals surface area contributed by atoms with Crippen molar-refractivity contribution >= 4 is 5.78 Å². The van der Waals surface area contributed by atoms with Crippen LogP contribution >= 0.6 is 0 Å². The third-order valence-electron chi connectivity index (χ3n) is 3.53. The minimum absolute atomic E-state index is 0.219. The average Bonchev–Trinajstić information content (AvgIpc) is 3.11. The number of ketones is 1. The van der Waals surface area contributed by atoms with Crippen LogP contribution < -0.4 is 0 Å². The van der Waals surface area contributed by atoms with Crippen molar-refractivity contribution < 1.29 is 4.79 Å². The molecule has 2 heterocycles. The van der Waals surface area contributed by atoms with Crippen LogP contribution in [-0.2, 0) is 17.6 Å². The molecule has 0 saturated carbocycles. The normalized spacial score (nSPS) is 11.5. The Bertz CT molecular complexity index is 561. The molecule has 0 saturated heterocycles. The molecule has 2 rings (SSSR count). The average molecular weight is 304 g/mol. The van der Waals surface area contributed by atoms with Gasteiger partial charge in [0.1, 0.15) is 30.1 Å². The lowest BCUT2D eigenvalue weighted by Gasteiger charge is -2.10. The molecule has 0 bridgehead atoms. The van der Waals surface area contributed by atoms with E-state index in [0.29, 0.717) is 25.7 Å². The van der Waals surface area contributed by atoms with E-state index in [2.05, 4.69) is 47.9 Å². The molecule has 7 nitrogen and oxygen atoms in total. The molecule has 0 aliphatic carbocycles. The summed E-state index contributed by atoms with van der Waals surface area (Å²) in [6.07, 6.45) is 5.33. The first-order valence-corrected chi connectivity index (χ1v) is 7.77. The highest BCUT2D eigenvalue weighted by Gasteiger charge is 2.12. The van der Waals surface area contributed by atoms with Gasteiger partial charge in [-0.25, -0.2) is 19.3 Å². The van der Waals surface area contributed by atoms with Gasteiger partial charge in [0.15, 0.2) is 0 Å². The van der Waals surface area contributed by atoms with Crippen LogP contribution in [0.1, 0.15) is 64.3 Å². The van der Waals surface area contributed by atoms with Gasteiger partial charge in [0, 0.05) is 37.8 Å². The Hall–Kier alpha value is -2.05. The number of carbonyl (C=O) groups is 1. The first kappa shape index (κ1) is 16.3. The Morgan fingerprint density at radius 2 is 1.32 bits per heavy atom. The Kier molecular flexibility index (Phi) is 5.41. The van der Waals surface area contributed by atoms with Crippen molar-refractivity contribution in [1.29, 1.82) is 0 Å². The lowest BCUT2D eigenvalue weighted by molar-refractivity contribution is -0.119. The van der Waals surface area contributed by atoms with Gasteiger partial charge in [0.05, 0.1) is 0 Å². The summed E-state index contributed by atoms with van der Waals surface area (Å²) >= 11 is 0. The summed E-state index contributed by atoms with van der Waals surface area (Å²) < 4.78 is 3.73. The smallest absolute Gasteiger partial charge is 0.138 e. The first-order valence-electron chi connectivity index (χ1n) is 7.77. The van der Waals surface area contributed by atoms with E-state index in [1.165, 1.54) is 0 Å². The summed E-state index contributed by atoms with van der Waals surface area (Å²) in [4.78, 5) is 20.5. The second-order valence-corrected chi connectivity index (χ2v) is 5.97. The maximum Gasteiger partial charge on any atom is 0.138 e. The van der Waals surface area contributed by atoms with Crippen molar-refractivity contribution in [2.75, 3.05) is 0 Å². The minimum atomic E-state index is 0.219. The summed E-state index contributed by atoms with van der Waals surface area (Å²) in [5.41, 5.74) is 0. The highest BCUT2D eigenvalue weighted by molar-refractivity contribution is 5.78. The Balaban J connectivity index is 1.83. The van der Waals surface area contributed by atoms with Gasteiger partial charge in [-0.2, -0.15) is 10.2 Å². The van der Waals surface area contributed by atoms with E-state index in [9.17, 15) is 4.79 Å². The van der Waals surface area contributed by atoms with Gasteiger partial charge in [-0.3, -0.25) is 4.79 Å². The number of hydrogen-bond donors (Lipinski definition) is 0. The van der Waals surface area contributed by atoms with Gasteiger partial charge in [0.25, 0.3) is 0 Å². The molecule has 22 heavy (non-hydrogen) atoms. The van der Waals surface area contributed by atoms with E-state index in [1.807, 2.05) is 9.36 Å². The van der Waals surface area contributed by atoms with Crippen LogP contribution in [0.5, 0.6) is 0 Å². The molecule has 0 aliphatic heterocycles. The number of carbonyl (C=O) groups excluding carboxylic acids is 1. The molecular formula is C15H24N6O. The van der Waals surface area contributed by atoms with E-state index in [0.717, 1.165) is 11.6 Å². The molecule has 0 aromatic carbocycles. The standard InChI is InChI=1S/C15H24N6O/c1-11(2)20-14(16-9-18-20)7-5-13(22)6-8-15-17-10-19-21(15)12(3)4/h9-12H,5-8H2,1-4H3. The third-order valence-corrected chi connectivity index (χ3v) is 3.53. The van der Waals surface area contributed by atoms with Crippen LogP contribution in [0.3, 0.4) is 0 Å². The fourth-order valence-electron chi connectivity index (χ4n) is 2.40. The highest BCUT2D eigenvalue weighted by Crippen LogP contribution is 2.10. The molecule has 0 fully saturated rings. The Morgan fingerprint density at radius 3 is 1.68 bits per heavy atom. The molecule has 2 aromatic rings. The SMILES string of the molecule is CC(C)n1ncnc1CCC(=O)CCc1ncnn1C(C)C. The summed E-state index contributed by atoms with van der Waals surface area (Å²) in [5, 5.41) is 8.37. The van der Waals surface area contributed by atoms with Gasteiger partial charge < -0.3 is 0 Å². The number of hydrogen-bond acceptors (Lipinski definition) is 5. The molecule has 7 heteroatoms. The number of rotatable bonds is 8. The number of aryl methyl sites for hydroxylation is 2. The zero-order chi connectivity index (χ0) is 16.1. The minimum Gasteiger partial charge on any atom is -0.300 e. The van der Waals surface area contributed by atoms with Gasteiger partial charge in [0.2, 0.25) is 0 Å². The predicted molar refractivity (Wildman–Crippen MR) is 82.5 cm³/mol. The summed E-state index contributed by atoms with van der Waals surface area (Å²) in [6.45, 7) is 8.22. The van der Waals surface area contributed by atoms with Crippen LogP contribution in [-0.4, -0.2) is 35.3 Å². The van der Waals surface area contributed by atoms with E-state index in [1.54, 1.807) is 12.7 Å². The lowest BCUT2D eigenvalue weighted by atomic mass is 10.1. The maximum absolute atomic E-state index is 12.1. The van der Waals surface area contributed by atoms with Crippen LogP contribution in [0.4, 0.5) is 0 Å². The monoisotopic (exact) mass is 304 g/mol. The third kappa shape index (κ3) is 3.99.